The van der Waals surface area contributed by atoms with Crippen molar-refractivity contribution >= 4 is 22.9 Å². The van der Waals surface area contributed by atoms with Crippen molar-refractivity contribution in [2.45, 2.75) is 13.3 Å². The molecule has 19 heavy (non-hydrogen) atoms. The first-order valence-electron chi connectivity index (χ1n) is 6.04. The van der Waals surface area contributed by atoms with E-state index >= 15 is 0 Å². The lowest BCUT2D eigenvalue weighted by Crippen LogP contribution is -2.17. The smallest absolute Gasteiger partial charge is 0.0930 e. The quantitative estimate of drug-likeness (QED) is 0.527. The molecule has 0 fully saturated rings. The van der Waals surface area contributed by atoms with E-state index in [0.717, 1.165) is 11.4 Å². The number of rotatable bonds is 4. The van der Waals surface area contributed by atoms with Crippen LogP contribution in [-0.2, 0) is 6.42 Å². The summed E-state index contributed by atoms with van der Waals surface area (Å²) in [4.78, 5) is 4.98. The maximum Gasteiger partial charge on any atom is 0.0930 e. The molecule has 0 saturated heterocycles. The van der Waals surface area contributed by atoms with Gasteiger partial charge in [-0.2, -0.15) is 5.10 Å². The fourth-order valence-corrected chi connectivity index (χ4v) is 1.70. The molecule has 0 amide bonds. The lowest BCUT2D eigenvalue weighted by molar-refractivity contribution is 1.02. The van der Waals surface area contributed by atoms with E-state index < -0.39 is 0 Å². The topological polar surface area (TPSA) is 37.3 Å². The lowest BCUT2D eigenvalue weighted by Gasteiger charge is -2.07. The summed E-state index contributed by atoms with van der Waals surface area (Å²) in [5, 5.41) is 4.35. The number of aromatic nitrogens is 1. The van der Waals surface area contributed by atoms with E-state index in [-0.39, 0.29) is 0 Å². The molecule has 0 unspecified atom stereocenters. The summed E-state index contributed by atoms with van der Waals surface area (Å²) in [6.07, 6.45) is 2.48. The second-order valence-corrected chi connectivity index (χ2v) is 4.72. The van der Waals surface area contributed by atoms with Crippen LogP contribution >= 0.6 is 12.2 Å². The number of nitrogens with zero attached hydrogens (tertiary/aromatic N) is 2. The van der Waals surface area contributed by atoms with Gasteiger partial charge in [-0.3, -0.25) is 10.4 Å². The highest BCUT2D eigenvalue weighted by Gasteiger charge is 2.06. The van der Waals surface area contributed by atoms with Crippen molar-refractivity contribution in [3.05, 3.63) is 66.0 Å². The maximum atomic E-state index is 4.99. The van der Waals surface area contributed by atoms with Crippen molar-refractivity contribution in [1.82, 2.24) is 10.4 Å². The largest absolute Gasteiger partial charge is 0.272 e. The van der Waals surface area contributed by atoms with Crippen LogP contribution in [0.25, 0.3) is 0 Å². The van der Waals surface area contributed by atoms with E-state index in [1.165, 1.54) is 5.56 Å². The minimum absolute atomic E-state index is 0.640. The van der Waals surface area contributed by atoms with Crippen molar-refractivity contribution in [2.24, 2.45) is 5.10 Å². The Morgan fingerprint density at radius 3 is 2.53 bits per heavy atom. The SMILES string of the molecule is CC(=S)NN=C(Cc1ccccc1)c1ccccn1. The van der Waals surface area contributed by atoms with Crippen molar-refractivity contribution in [3.8, 4) is 0 Å². The summed E-state index contributed by atoms with van der Waals surface area (Å²) in [6, 6.07) is 16.0. The van der Waals surface area contributed by atoms with Gasteiger partial charge in [0.25, 0.3) is 0 Å². The number of hydrogen-bond donors (Lipinski definition) is 1. The molecule has 2 aromatic rings. The average molecular weight is 269 g/mol. The van der Waals surface area contributed by atoms with Gasteiger partial charge in [0, 0.05) is 12.6 Å². The van der Waals surface area contributed by atoms with E-state index in [1.807, 2.05) is 36.4 Å². The molecule has 0 atom stereocenters. The zero-order valence-corrected chi connectivity index (χ0v) is 11.5. The first-order chi connectivity index (χ1) is 9.25. The van der Waals surface area contributed by atoms with Crippen molar-refractivity contribution < 1.29 is 0 Å². The van der Waals surface area contributed by atoms with E-state index in [4.69, 9.17) is 12.2 Å². The molecule has 0 aliphatic heterocycles. The number of nitrogens with one attached hydrogen (secondary N) is 1. The zero-order valence-electron chi connectivity index (χ0n) is 10.7. The second-order valence-electron chi connectivity index (χ2n) is 4.10. The molecular formula is C15H15N3S. The number of pyridine rings is 1. The second kappa shape index (κ2) is 6.75. The summed E-state index contributed by atoms with van der Waals surface area (Å²) in [6.45, 7) is 1.80. The molecule has 2 rings (SSSR count). The van der Waals surface area contributed by atoms with Gasteiger partial charge in [0.05, 0.1) is 16.4 Å². The van der Waals surface area contributed by atoms with Gasteiger partial charge in [-0.05, 0) is 24.6 Å². The van der Waals surface area contributed by atoms with Crippen molar-refractivity contribution in [1.29, 1.82) is 0 Å². The molecule has 0 radical (unpaired) electrons. The van der Waals surface area contributed by atoms with Crippen LogP contribution in [0.15, 0.2) is 59.8 Å². The first kappa shape index (κ1) is 13.4. The summed E-state index contributed by atoms with van der Waals surface area (Å²) in [5.41, 5.74) is 5.76. The van der Waals surface area contributed by atoms with Crippen LogP contribution < -0.4 is 5.43 Å². The number of thiocarbonyl (C=S) groups is 1. The van der Waals surface area contributed by atoms with E-state index in [2.05, 4.69) is 27.6 Å². The normalized spacial score (nSPS) is 11.1. The predicted molar refractivity (Wildman–Crippen MR) is 82.3 cm³/mol. The fourth-order valence-electron chi connectivity index (χ4n) is 1.66. The van der Waals surface area contributed by atoms with Gasteiger partial charge >= 0.3 is 0 Å². The molecule has 4 heteroatoms. The highest BCUT2D eigenvalue weighted by molar-refractivity contribution is 7.80. The van der Waals surface area contributed by atoms with Gasteiger partial charge in [-0.25, -0.2) is 0 Å². The minimum Gasteiger partial charge on any atom is -0.272 e. The molecule has 0 spiro atoms. The first-order valence-corrected chi connectivity index (χ1v) is 6.45. The van der Waals surface area contributed by atoms with Crippen LogP contribution in [0.4, 0.5) is 0 Å². The Morgan fingerprint density at radius 1 is 1.16 bits per heavy atom. The van der Waals surface area contributed by atoms with Crippen LogP contribution in [0, 0.1) is 0 Å². The van der Waals surface area contributed by atoms with Gasteiger partial charge in [0.15, 0.2) is 0 Å². The van der Waals surface area contributed by atoms with E-state index in [9.17, 15) is 0 Å². The maximum absolute atomic E-state index is 4.99. The van der Waals surface area contributed by atoms with Crippen LogP contribution in [-0.4, -0.2) is 15.7 Å². The van der Waals surface area contributed by atoms with Crippen molar-refractivity contribution in [2.75, 3.05) is 0 Å². The average Bonchev–Trinajstić information content (AvgIpc) is 2.45. The Kier molecular flexibility index (Phi) is 4.75. The summed E-state index contributed by atoms with van der Waals surface area (Å²) in [5.74, 6) is 0. The number of benzene rings is 1. The molecule has 0 aliphatic rings. The monoisotopic (exact) mass is 269 g/mol. The third-order valence-electron chi connectivity index (χ3n) is 2.52. The Bertz CT molecular complexity index is 564. The van der Waals surface area contributed by atoms with Gasteiger partial charge in [-0.1, -0.05) is 48.6 Å². The molecule has 0 bridgehead atoms. The van der Waals surface area contributed by atoms with Crippen LogP contribution in [0.3, 0.4) is 0 Å². The molecule has 1 aromatic heterocycles. The molecule has 1 heterocycles. The minimum atomic E-state index is 0.640. The summed E-state index contributed by atoms with van der Waals surface area (Å²) in [7, 11) is 0. The van der Waals surface area contributed by atoms with Crippen LogP contribution in [0.5, 0.6) is 0 Å². The molecule has 0 saturated carbocycles. The third-order valence-corrected chi connectivity index (χ3v) is 2.61. The molecular weight excluding hydrogens is 254 g/mol. The Hall–Kier alpha value is -2.07. The summed E-state index contributed by atoms with van der Waals surface area (Å²) >= 11 is 4.99. The van der Waals surface area contributed by atoms with E-state index in [1.54, 1.807) is 13.1 Å². The Morgan fingerprint density at radius 2 is 1.89 bits per heavy atom. The van der Waals surface area contributed by atoms with Crippen LogP contribution in [0.2, 0.25) is 0 Å². The molecule has 0 aliphatic carbocycles. The molecule has 3 nitrogen and oxygen atoms in total. The standard InChI is InChI=1S/C15H15N3S/c1-12(19)17-18-15(14-9-5-6-10-16-14)11-13-7-3-2-4-8-13/h2-10H,11H2,1H3,(H,17,19). The zero-order chi connectivity index (χ0) is 13.5. The fraction of sp³-hybridized carbons (Fsp3) is 0.133. The molecule has 1 N–H and O–H groups in total. The predicted octanol–water partition coefficient (Wildman–Crippen LogP) is 2.97. The lowest BCUT2D eigenvalue weighted by atomic mass is 10.1. The Balaban J connectivity index is 2.25. The third kappa shape index (κ3) is 4.26. The summed E-state index contributed by atoms with van der Waals surface area (Å²) < 4.78 is 0. The highest BCUT2D eigenvalue weighted by atomic mass is 32.1. The van der Waals surface area contributed by atoms with Crippen molar-refractivity contribution in [3.63, 3.8) is 0 Å². The Labute approximate surface area is 118 Å². The van der Waals surface area contributed by atoms with Gasteiger partial charge in [-0.15, -0.1) is 0 Å². The van der Waals surface area contributed by atoms with Gasteiger partial charge in [0.1, 0.15) is 0 Å². The highest BCUT2D eigenvalue weighted by Crippen LogP contribution is 2.06. The van der Waals surface area contributed by atoms with Crippen LogP contribution in [0.1, 0.15) is 18.2 Å². The number of hydrazone groups is 1. The molecule has 96 valence electrons. The number of hydrogen-bond acceptors (Lipinski definition) is 3. The van der Waals surface area contributed by atoms with E-state index in [0.29, 0.717) is 11.4 Å². The molecule has 1 aromatic carbocycles. The van der Waals surface area contributed by atoms with Gasteiger partial charge < -0.3 is 0 Å². The van der Waals surface area contributed by atoms with Gasteiger partial charge in [0.2, 0.25) is 0 Å².